The molecule has 0 bridgehead atoms. The zero-order valence-electron chi connectivity index (χ0n) is 34.7. The van der Waals surface area contributed by atoms with E-state index in [1.54, 1.807) is 13.8 Å². The monoisotopic (exact) mass is 827 g/mol. The lowest BCUT2D eigenvalue weighted by Gasteiger charge is -2.46. The normalized spacial score (nSPS) is 35.6. The molecule has 0 saturated carbocycles. The minimum Gasteiger partial charge on any atom is -0.507 e. The summed E-state index contributed by atoms with van der Waals surface area (Å²) in [6.07, 6.45) is -2.58. The number of fused-ring (bicyclic) bond motifs is 3. The first-order valence-electron chi connectivity index (χ1n) is 20.3. The first-order valence-corrected chi connectivity index (χ1v) is 20.3. The van der Waals surface area contributed by atoms with Crippen molar-refractivity contribution in [1.29, 1.82) is 0 Å². The molecule has 0 spiro atoms. The minimum atomic E-state index is -1.67. The predicted molar refractivity (Wildman–Crippen MR) is 208 cm³/mol. The van der Waals surface area contributed by atoms with Crippen molar-refractivity contribution in [2.45, 2.75) is 152 Å². The maximum Gasteiger partial charge on any atom is 0.316 e. The van der Waals surface area contributed by atoms with E-state index in [0.717, 1.165) is 13.5 Å². The van der Waals surface area contributed by atoms with Crippen LogP contribution in [0.1, 0.15) is 128 Å². The number of carbonyl (C=O) groups is 4. The standard InChI is InChI=1S/C22H20O8.C21H37NO7/c1-3-22(29)8-13(24)15-10(17(22)21(28)30-2)7-11-16(20(15)27)19(26)14-9(18(11)25)5-4-6-12(14)23;1-11-9-15(22(5)6)20(13(3)25-11)29-19-10-17(24)21(14(4)27-19)28-18-8-7-16(23)12(2)26-18/h4-7,13,17,23-24,27,29H,3,8H2,1-2H3;11-15,17-21,24H,7-10H2,1-6H3/t13?,17-,22+;/m0./s1. The Kier molecular flexibility index (Phi) is 13.4. The van der Waals surface area contributed by atoms with Gasteiger partial charge in [-0.2, -0.15) is 0 Å². The number of phenolic OH excluding ortho intramolecular Hbond substituents is 2. The van der Waals surface area contributed by atoms with E-state index in [1.165, 1.54) is 24.3 Å². The number of esters is 1. The Morgan fingerprint density at radius 1 is 0.898 bits per heavy atom. The quantitative estimate of drug-likeness (QED) is 0.216. The number of carbonyl (C=O) groups excluding carboxylic acids is 4. The van der Waals surface area contributed by atoms with Gasteiger partial charge in [-0.15, -0.1) is 0 Å². The summed E-state index contributed by atoms with van der Waals surface area (Å²) < 4.78 is 34.8. The summed E-state index contributed by atoms with van der Waals surface area (Å²) in [6, 6.07) is 5.52. The minimum absolute atomic E-state index is 0.0333. The molecule has 7 rings (SSSR count). The van der Waals surface area contributed by atoms with Crippen molar-refractivity contribution >= 4 is 23.3 Å². The number of aliphatic hydroxyl groups excluding tert-OH is 2. The number of aliphatic hydroxyl groups is 3. The van der Waals surface area contributed by atoms with Gasteiger partial charge in [0, 0.05) is 48.4 Å². The topological polar surface area (TPSA) is 228 Å². The van der Waals surface area contributed by atoms with E-state index in [4.69, 9.17) is 28.4 Å². The van der Waals surface area contributed by atoms with Crippen molar-refractivity contribution in [1.82, 2.24) is 4.90 Å². The first kappa shape index (κ1) is 44.7. The molecule has 324 valence electrons. The van der Waals surface area contributed by atoms with Crippen molar-refractivity contribution < 1.29 is 73.1 Å². The molecule has 16 nitrogen and oxygen atoms in total. The lowest BCUT2D eigenvalue weighted by atomic mass is 9.67. The maximum atomic E-state index is 13.1. The van der Waals surface area contributed by atoms with Gasteiger partial charge in [0.15, 0.2) is 24.1 Å². The number of Topliss-reactive ketones (excluding diaryl/α,β-unsaturated/α-hetero) is 1. The van der Waals surface area contributed by atoms with Crippen molar-refractivity contribution in [3.63, 3.8) is 0 Å². The van der Waals surface area contributed by atoms with Gasteiger partial charge in [-0.3, -0.25) is 19.2 Å². The number of ether oxygens (including phenoxy) is 6. The van der Waals surface area contributed by atoms with Gasteiger partial charge in [0.1, 0.15) is 35.7 Å². The van der Waals surface area contributed by atoms with Gasteiger partial charge < -0.3 is 58.9 Å². The highest BCUT2D eigenvalue weighted by molar-refractivity contribution is 6.30. The molecule has 5 N–H and O–H groups in total. The number of phenols is 2. The third-order valence-corrected chi connectivity index (χ3v) is 12.4. The van der Waals surface area contributed by atoms with Crippen LogP contribution in [0, 0.1) is 0 Å². The number of benzene rings is 2. The average Bonchev–Trinajstić information content (AvgIpc) is 3.17. The molecular formula is C43H57NO15. The highest BCUT2D eigenvalue weighted by atomic mass is 16.7. The highest BCUT2D eigenvalue weighted by Gasteiger charge is 2.51. The Morgan fingerprint density at radius 2 is 1.58 bits per heavy atom. The SMILES string of the molecule is CC1CC(N(C)C)C(OC2CC(O)C(OC3CCC(=O)C(C)O3)C(C)O2)C(C)O1.CC[C@@]1(O)CC(O)c2c(cc3c(c2O)C(=O)c2c(O)cccc2C3=O)[C@H]1C(=O)OC. The Morgan fingerprint density at radius 3 is 2.20 bits per heavy atom. The van der Waals surface area contributed by atoms with Crippen LogP contribution in [0.3, 0.4) is 0 Å². The average molecular weight is 828 g/mol. The summed E-state index contributed by atoms with van der Waals surface area (Å²) in [4.78, 5) is 52.5. The molecule has 16 heteroatoms. The number of hydrogen-bond acceptors (Lipinski definition) is 16. The van der Waals surface area contributed by atoms with E-state index < -0.39 is 77.5 Å². The molecule has 0 aromatic heterocycles. The molecule has 3 saturated heterocycles. The third kappa shape index (κ3) is 8.57. The van der Waals surface area contributed by atoms with Crippen molar-refractivity contribution in [2.75, 3.05) is 21.2 Å². The molecule has 2 aromatic carbocycles. The van der Waals surface area contributed by atoms with Gasteiger partial charge in [0.25, 0.3) is 0 Å². The number of aromatic hydroxyl groups is 2. The summed E-state index contributed by atoms with van der Waals surface area (Å²) >= 11 is 0. The molecule has 0 radical (unpaired) electrons. The zero-order chi connectivity index (χ0) is 43.2. The lowest BCUT2D eigenvalue weighted by molar-refractivity contribution is -0.312. The summed E-state index contributed by atoms with van der Waals surface area (Å²) in [7, 11) is 5.24. The van der Waals surface area contributed by atoms with E-state index in [9.17, 15) is 44.7 Å². The molecule has 11 unspecified atom stereocenters. The van der Waals surface area contributed by atoms with E-state index in [0.29, 0.717) is 19.3 Å². The highest BCUT2D eigenvalue weighted by Crippen LogP contribution is 2.52. The van der Waals surface area contributed by atoms with Crippen LogP contribution in [0.15, 0.2) is 24.3 Å². The van der Waals surface area contributed by atoms with Gasteiger partial charge in [-0.1, -0.05) is 19.1 Å². The largest absolute Gasteiger partial charge is 0.507 e. The summed E-state index contributed by atoms with van der Waals surface area (Å²) in [5, 5.41) is 53.4. The van der Waals surface area contributed by atoms with Crippen molar-refractivity contribution in [3.8, 4) is 11.5 Å². The Balaban J connectivity index is 0.000000199. The summed E-state index contributed by atoms with van der Waals surface area (Å²) in [5.74, 6) is -4.42. The molecule has 2 aliphatic carbocycles. The number of nitrogens with zero attached hydrogens (tertiary/aromatic N) is 1. The van der Waals surface area contributed by atoms with E-state index in [-0.39, 0.29) is 82.5 Å². The molecule has 3 heterocycles. The molecule has 3 aliphatic heterocycles. The number of likely N-dealkylation sites (N-methyl/N-ethyl adjacent to an activating group) is 1. The fourth-order valence-corrected chi connectivity index (χ4v) is 9.18. The lowest BCUT2D eigenvalue weighted by Crippen LogP contribution is -2.57. The van der Waals surface area contributed by atoms with Gasteiger partial charge >= 0.3 is 5.97 Å². The van der Waals surface area contributed by atoms with E-state index in [1.807, 2.05) is 27.9 Å². The molecule has 13 atom stereocenters. The second-order valence-electron chi connectivity index (χ2n) is 16.5. The van der Waals surface area contributed by atoms with Crippen LogP contribution in [-0.2, 0) is 38.0 Å². The van der Waals surface area contributed by atoms with Gasteiger partial charge in [-0.25, -0.2) is 0 Å². The Labute approximate surface area is 343 Å². The number of hydrogen-bond donors (Lipinski definition) is 5. The fourth-order valence-electron chi connectivity index (χ4n) is 9.18. The van der Waals surface area contributed by atoms with Crippen LogP contribution in [0.4, 0.5) is 0 Å². The smallest absolute Gasteiger partial charge is 0.316 e. The molecule has 0 amide bonds. The number of ketones is 3. The molecule has 2 aromatic rings. The summed E-state index contributed by atoms with van der Waals surface area (Å²) in [5.41, 5.74) is -2.53. The van der Waals surface area contributed by atoms with Crippen molar-refractivity contribution in [2.24, 2.45) is 0 Å². The molecule has 59 heavy (non-hydrogen) atoms. The third-order valence-electron chi connectivity index (χ3n) is 12.4. The Bertz CT molecular complexity index is 1920. The molecule has 5 aliphatic rings. The Hall–Kier alpha value is -3.84. The van der Waals surface area contributed by atoms with Crippen LogP contribution >= 0.6 is 0 Å². The van der Waals surface area contributed by atoms with Gasteiger partial charge in [0.05, 0.1) is 54.4 Å². The predicted octanol–water partition coefficient (Wildman–Crippen LogP) is 3.18. The van der Waals surface area contributed by atoms with Crippen LogP contribution in [-0.4, -0.2) is 142 Å². The van der Waals surface area contributed by atoms with Gasteiger partial charge in [-0.05, 0) is 72.3 Å². The second-order valence-corrected chi connectivity index (χ2v) is 16.5. The van der Waals surface area contributed by atoms with E-state index in [2.05, 4.69) is 11.8 Å². The number of methoxy groups -OCH3 is 1. The summed E-state index contributed by atoms with van der Waals surface area (Å²) in [6.45, 7) is 9.34. The van der Waals surface area contributed by atoms with Gasteiger partial charge in [0.2, 0.25) is 5.78 Å². The zero-order valence-corrected chi connectivity index (χ0v) is 34.7. The van der Waals surface area contributed by atoms with Crippen LogP contribution in [0.5, 0.6) is 11.5 Å². The van der Waals surface area contributed by atoms with E-state index >= 15 is 0 Å². The van der Waals surface area contributed by atoms with Crippen LogP contribution in [0.2, 0.25) is 0 Å². The van der Waals surface area contributed by atoms with Crippen molar-refractivity contribution in [3.05, 3.63) is 57.6 Å². The number of rotatable bonds is 7. The molecule has 3 fully saturated rings. The fraction of sp³-hybridized carbons (Fsp3) is 0.628. The second kappa shape index (κ2) is 17.6. The van der Waals surface area contributed by atoms with Crippen LogP contribution in [0.25, 0.3) is 0 Å². The van der Waals surface area contributed by atoms with Crippen LogP contribution < -0.4 is 0 Å². The first-order chi connectivity index (χ1) is 27.8. The molecular weight excluding hydrogens is 770 g/mol. The maximum absolute atomic E-state index is 13.1.